The molecule has 0 spiro atoms. The van der Waals surface area contributed by atoms with Crippen molar-refractivity contribution in [3.05, 3.63) is 81.7 Å². The van der Waals surface area contributed by atoms with Crippen LogP contribution in [0, 0.1) is 11.6 Å². The molecule has 1 N–H and O–H groups in total. The number of benzene rings is 2. The molecule has 3 aromatic rings. The lowest BCUT2D eigenvalue weighted by molar-refractivity contribution is 0.0595. The zero-order valence-corrected chi connectivity index (χ0v) is 18.9. The third-order valence-corrected chi connectivity index (χ3v) is 8.23. The Hall–Kier alpha value is -3.31. The second-order valence-corrected chi connectivity index (χ2v) is 10.2. The number of hydrogen-bond donors (Lipinski definition) is 1. The number of rotatable bonds is 5. The highest BCUT2D eigenvalue weighted by Crippen LogP contribution is 2.37. The number of carbonyl (C=O) groups excluding carboxylic acids is 2. The van der Waals surface area contributed by atoms with Gasteiger partial charge in [-0.15, -0.1) is 11.3 Å². The molecule has 0 bridgehead atoms. The molecular weight excluding hydrogens is 474 g/mol. The predicted molar refractivity (Wildman–Crippen MR) is 118 cm³/mol. The van der Waals surface area contributed by atoms with Gasteiger partial charge in [0.2, 0.25) is 0 Å². The maximum absolute atomic E-state index is 13.5. The van der Waals surface area contributed by atoms with Crippen LogP contribution in [0.2, 0.25) is 0 Å². The second-order valence-electron chi connectivity index (χ2n) is 7.26. The maximum atomic E-state index is 13.5. The average Bonchev–Trinajstić information content (AvgIpc) is 3.18. The van der Waals surface area contributed by atoms with Crippen LogP contribution in [0.4, 0.5) is 14.5 Å². The molecule has 1 aliphatic rings. The monoisotopic (exact) mass is 492 g/mol. The van der Waals surface area contributed by atoms with E-state index in [0.29, 0.717) is 16.0 Å². The zero-order valence-electron chi connectivity index (χ0n) is 17.3. The maximum Gasteiger partial charge on any atom is 0.340 e. The van der Waals surface area contributed by atoms with Crippen molar-refractivity contribution in [2.45, 2.75) is 17.2 Å². The topological polar surface area (TPSA) is 92.8 Å². The molecule has 172 valence electrons. The van der Waals surface area contributed by atoms with Crippen molar-refractivity contribution >= 4 is 38.9 Å². The van der Waals surface area contributed by atoms with Crippen molar-refractivity contribution in [1.29, 1.82) is 0 Å². The molecule has 2 heterocycles. The van der Waals surface area contributed by atoms with Gasteiger partial charge in [0.05, 0.1) is 24.9 Å². The van der Waals surface area contributed by atoms with Crippen LogP contribution in [0.5, 0.6) is 0 Å². The van der Waals surface area contributed by atoms with Gasteiger partial charge in [0.25, 0.3) is 15.9 Å². The van der Waals surface area contributed by atoms with Crippen LogP contribution in [0.15, 0.2) is 52.7 Å². The SMILES string of the molecule is COC(=O)c1c(S(=O)(=O)Nc2cccc(F)c2)sc2c1CCN(C(=O)c1ccc(F)cc1)C2. The molecule has 0 saturated heterocycles. The van der Waals surface area contributed by atoms with E-state index < -0.39 is 27.6 Å². The van der Waals surface area contributed by atoms with Crippen molar-refractivity contribution in [3.8, 4) is 0 Å². The van der Waals surface area contributed by atoms with Crippen molar-refractivity contribution in [2.24, 2.45) is 0 Å². The van der Waals surface area contributed by atoms with Crippen LogP contribution >= 0.6 is 11.3 Å². The minimum Gasteiger partial charge on any atom is -0.465 e. The number of nitrogens with zero attached hydrogens (tertiary/aromatic N) is 1. The van der Waals surface area contributed by atoms with E-state index in [2.05, 4.69) is 4.72 Å². The molecule has 0 atom stereocenters. The summed E-state index contributed by atoms with van der Waals surface area (Å²) < 4.78 is 59.7. The predicted octanol–water partition coefficient (Wildman–Crippen LogP) is 3.81. The van der Waals surface area contributed by atoms with Gasteiger partial charge in [0.1, 0.15) is 11.6 Å². The van der Waals surface area contributed by atoms with Gasteiger partial charge in [0.15, 0.2) is 4.21 Å². The normalized spacial score (nSPS) is 13.4. The van der Waals surface area contributed by atoms with Crippen LogP contribution in [-0.2, 0) is 27.7 Å². The Labute approximate surface area is 192 Å². The molecule has 1 amide bonds. The summed E-state index contributed by atoms with van der Waals surface area (Å²) >= 11 is 0.856. The number of carbonyl (C=O) groups is 2. The van der Waals surface area contributed by atoms with Crippen LogP contribution in [0.25, 0.3) is 0 Å². The standard InChI is InChI=1S/C22H18F2N2O5S2/c1-31-21(28)19-17-9-10-26(20(27)13-5-7-14(23)8-6-13)12-18(17)32-22(19)33(29,30)25-16-4-2-3-15(24)11-16/h2-8,11,25H,9-10,12H2,1H3. The van der Waals surface area contributed by atoms with E-state index in [4.69, 9.17) is 4.74 Å². The molecule has 33 heavy (non-hydrogen) atoms. The number of ether oxygens (including phenoxy) is 1. The molecule has 0 aliphatic carbocycles. The van der Waals surface area contributed by atoms with Gasteiger partial charge < -0.3 is 9.64 Å². The van der Waals surface area contributed by atoms with E-state index in [1.165, 1.54) is 47.4 Å². The Bertz CT molecular complexity index is 1340. The molecule has 4 rings (SSSR count). The van der Waals surface area contributed by atoms with Gasteiger partial charge in [0, 0.05) is 17.0 Å². The number of halogens is 2. The third-order valence-electron chi connectivity index (χ3n) is 5.11. The van der Waals surface area contributed by atoms with E-state index in [9.17, 15) is 26.8 Å². The summed E-state index contributed by atoms with van der Waals surface area (Å²) in [5, 5.41) is 0. The summed E-state index contributed by atoms with van der Waals surface area (Å²) in [6.45, 7) is 0.316. The first kappa shape index (κ1) is 22.9. The Balaban J connectivity index is 1.69. The molecule has 0 unspecified atom stereocenters. The highest BCUT2D eigenvalue weighted by atomic mass is 32.2. The van der Waals surface area contributed by atoms with Crippen LogP contribution in [-0.4, -0.2) is 38.8 Å². The molecule has 1 aliphatic heterocycles. The van der Waals surface area contributed by atoms with Gasteiger partial charge in [-0.2, -0.15) is 0 Å². The summed E-state index contributed by atoms with van der Waals surface area (Å²) in [5.74, 6) is -2.24. The fourth-order valence-electron chi connectivity index (χ4n) is 3.58. The van der Waals surface area contributed by atoms with E-state index >= 15 is 0 Å². The number of hydrogen-bond acceptors (Lipinski definition) is 6. The quantitative estimate of drug-likeness (QED) is 0.547. The molecule has 11 heteroatoms. The number of thiophene rings is 1. The lowest BCUT2D eigenvalue weighted by Gasteiger charge is -2.27. The van der Waals surface area contributed by atoms with Gasteiger partial charge in [-0.3, -0.25) is 9.52 Å². The average molecular weight is 493 g/mol. The van der Waals surface area contributed by atoms with Gasteiger partial charge >= 0.3 is 5.97 Å². The van der Waals surface area contributed by atoms with Crippen molar-refractivity contribution in [3.63, 3.8) is 0 Å². The minimum absolute atomic E-state index is 0.00491. The Kier molecular flexibility index (Phi) is 6.17. The molecule has 0 saturated carbocycles. The first-order valence-electron chi connectivity index (χ1n) is 9.75. The van der Waals surface area contributed by atoms with Crippen LogP contribution in [0.3, 0.4) is 0 Å². The lowest BCUT2D eigenvalue weighted by Crippen LogP contribution is -2.35. The van der Waals surface area contributed by atoms with Gasteiger partial charge in [-0.25, -0.2) is 22.0 Å². The first-order valence-corrected chi connectivity index (χ1v) is 12.1. The largest absolute Gasteiger partial charge is 0.465 e. The summed E-state index contributed by atoms with van der Waals surface area (Å²) in [7, 11) is -3.10. The molecule has 0 radical (unpaired) electrons. The van der Waals surface area contributed by atoms with Crippen molar-refractivity contribution in [2.75, 3.05) is 18.4 Å². The smallest absolute Gasteiger partial charge is 0.340 e. The molecule has 2 aromatic carbocycles. The highest BCUT2D eigenvalue weighted by molar-refractivity contribution is 7.94. The lowest BCUT2D eigenvalue weighted by atomic mass is 10.0. The summed E-state index contributed by atoms with van der Waals surface area (Å²) in [6.07, 6.45) is 0.235. The first-order chi connectivity index (χ1) is 15.7. The van der Waals surface area contributed by atoms with Gasteiger partial charge in [-0.1, -0.05) is 6.07 Å². The summed E-state index contributed by atoms with van der Waals surface area (Å²) in [4.78, 5) is 27.4. The van der Waals surface area contributed by atoms with E-state index in [-0.39, 0.29) is 40.9 Å². The number of nitrogens with one attached hydrogen (secondary N) is 1. The molecule has 7 nitrogen and oxygen atoms in total. The molecule has 1 aromatic heterocycles. The zero-order chi connectivity index (χ0) is 23.8. The molecular formula is C22H18F2N2O5S2. The fraction of sp³-hybridized carbons (Fsp3) is 0.182. The fourth-order valence-corrected chi connectivity index (χ4v) is 6.53. The molecule has 0 fully saturated rings. The number of anilines is 1. The Morgan fingerprint density at radius 1 is 1.09 bits per heavy atom. The van der Waals surface area contributed by atoms with Crippen LogP contribution < -0.4 is 4.72 Å². The number of fused-ring (bicyclic) bond motifs is 1. The number of esters is 1. The van der Waals surface area contributed by atoms with E-state index in [1.54, 1.807) is 0 Å². The van der Waals surface area contributed by atoms with Crippen molar-refractivity contribution in [1.82, 2.24) is 4.90 Å². The minimum atomic E-state index is -4.25. The van der Waals surface area contributed by atoms with E-state index in [1.807, 2.05) is 0 Å². The number of sulfonamides is 1. The van der Waals surface area contributed by atoms with Gasteiger partial charge in [-0.05, 0) is 54.4 Å². The Morgan fingerprint density at radius 3 is 2.48 bits per heavy atom. The second kappa shape index (κ2) is 8.91. The Morgan fingerprint density at radius 2 is 1.82 bits per heavy atom. The highest BCUT2D eigenvalue weighted by Gasteiger charge is 2.35. The number of methoxy groups -OCH3 is 1. The summed E-state index contributed by atoms with van der Waals surface area (Å²) in [6, 6.07) is 10.1. The van der Waals surface area contributed by atoms with E-state index in [0.717, 1.165) is 24.5 Å². The van der Waals surface area contributed by atoms with Crippen molar-refractivity contribution < 1.29 is 31.5 Å². The van der Waals surface area contributed by atoms with Crippen LogP contribution in [0.1, 0.15) is 31.2 Å². The summed E-state index contributed by atoms with van der Waals surface area (Å²) in [5.41, 5.74) is 0.709. The number of amides is 1. The third kappa shape index (κ3) is 4.60.